The van der Waals surface area contributed by atoms with E-state index < -0.39 is 24.2 Å². The van der Waals surface area contributed by atoms with Gasteiger partial charge in [0.25, 0.3) is 0 Å². The molecule has 1 nitrogen and oxygen atoms in total. The lowest BCUT2D eigenvalue weighted by molar-refractivity contribution is 0.672. The van der Waals surface area contributed by atoms with Gasteiger partial charge in [0.2, 0.25) is 0 Å². The summed E-state index contributed by atoms with van der Waals surface area (Å²) in [4.78, 5) is 0. The molecule has 0 atom stereocenters. The van der Waals surface area contributed by atoms with E-state index in [1.807, 2.05) is 97.1 Å². The molecule has 236 valence electrons. The molecule has 1 aromatic heterocycles. The van der Waals surface area contributed by atoms with Crippen molar-refractivity contribution >= 4 is 75.8 Å². The summed E-state index contributed by atoms with van der Waals surface area (Å²) in [6.07, 6.45) is 0. The maximum atomic E-state index is 9.53. The van der Waals surface area contributed by atoms with E-state index in [0.717, 1.165) is 54.2 Å². The third-order valence-corrected chi connectivity index (χ3v) is 10.3. The Morgan fingerprint density at radius 3 is 1.67 bits per heavy atom. The van der Waals surface area contributed by atoms with Gasteiger partial charge in [-0.25, -0.2) is 0 Å². The van der Waals surface area contributed by atoms with Crippen molar-refractivity contribution in [3.63, 3.8) is 0 Å². The van der Waals surface area contributed by atoms with Crippen LogP contribution in [0.1, 0.15) is 11.0 Å². The molecule has 11 aromatic rings. The second-order valence-corrected chi connectivity index (χ2v) is 13.0. The lowest BCUT2D eigenvalue weighted by Crippen LogP contribution is -1.92. The van der Waals surface area contributed by atoms with Crippen LogP contribution in [0.15, 0.2) is 186 Å². The molecule has 0 unspecified atom stereocenters. The molecule has 11 rings (SSSR count). The van der Waals surface area contributed by atoms with Crippen LogP contribution in [0.3, 0.4) is 0 Å². The number of fused-ring (bicyclic) bond motifs is 10. The molecule has 0 amide bonds. The zero-order valence-electron chi connectivity index (χ0n) is 35.1. The molecule has 0 N–H and O–H groups in total. The van der Waals surface area contributed by atoms with Crippen molar-refractivity contribution in [2.45, 2.75) is 0 Å². The zero-order chi connectivity index (χ0) is 40.4. The molecule has 0 aliphatic carbocycles. The SMILES string of the molecule is [2H]c1c([2H])c([2H])c2c(-c3cccc4c3ccc3c(-c5ccccc5)cccc34)c3c([2H])c([2H])c([2H])c([2H])c3c(-c3ccc4oc5c6ccccc6ccc5c4c3)c2c1[2H]. The van der Waals surface area contributed by atoms with Gasteiger partial charge in [-0.2, -0.15) is 0 Å². The third-order valence-electron chi connectivity index (χ3n) is 10.3. The van der Waals surface area contributed by atoms with Crippen LogP contribution in [0.5, 0.6) is 0 Å². The summed E-state index contributed by atoms with van der Waals surface area (Å²) in [5.74, 6) is 0. The first-order valence-corrected chi connectivity index (χ1v) is 16.9. The molecule has 1 heterocycles. The van der Waals surface area contributed by atoms with Crippen LogP contribution < -0.4 is 0 Å². The average Bonchev–Trinajstić information content (AvgIpc) is 3.66. The summed E-state index contributed by atoms with van der Waals surface area (Å²) in [6, 6.07) is 40.8. The van der Waals surface area contributed by atoms with Crippen molar-refractivity contribution in [2.75, 3.05) is 0 Å². The van der Waals surface area contributed by atoms with Crippen LogP contribution in [0.25, 0.3) is 109 Å². The van der Waals surface area contributed by atoms with Gasteiger partial charge in [-0.3, -0.25) is 0 Å². The van der Waals surface area contributed by atoms with E-state index >= 15 is 0 Å². The van der Waals surface area contributed by atoms with Gasteiger partial charge in [0.15, 0.2) is 0 Å². The first kappa shape index (κ1) is 21.4. The molecule has 51 heavy (non-hydrogen) atoms. The molecule has 0 spiro atoms. The van der Waals surface area contributed by atoms with E-state index in [0.29, 0.717) is 33.4 Å². The van der Waals surface area contributed by atoms with Crippen LogP contribution >= 0.6 is 0 Å². The Labute approximate surface area is 305 Å². The highest BCUT2D eigenvalue weighted by atomic mass is 16.3. The largest absolute Gasteiger partial charge is 0.455 e. The summed E-state index contributed by atoms with van der Waals surface area (Å²) >= 11 is 0. The standard InChI is InChI=1S/C50H30O/c1-2-12-31(13-3-1)34-20-10-21-36-37-22-11-23-40(39(37)28-27-38(34)36)49-43-18-8-6-16-41(43)48(42-17-7-9-19-44(42)49)33-25-29-47-46(30-33)45-26-24-32-14-4-5-15-35(32)50(45)51-47/h1-30H/i6D,7D,8D,9D,16D,17D,18D,19D. The highest BCUT2D eigenvalue weighted by Gasteiger charge is 2.20. The quantitative estimate of drug-likeness (QED) is 0.136. The minimum atomic E-state index is -0.437. The fourth-order valence-electron chi connectivity index (χ4n) is 8.06. The number of hydrogen-bond acceptors (Lipinski definition) is 1. The van der Waals surface area contributed by atoms with E-state index in [-0.39, 0.29) is 45.7 Å². The number of benzene rings is 10. The van der Waals surface area contributed by atoms with Crippen molar-refractivity contribution in [2.24, 2.45) is 0 Å². The second kappa shape index (κ2) is 10.9. The minimum absolute atomic E-state index is 0.172. The number of hydrogen-bond donors (Lipinski definition) is 0. The van der Waals surface area contributed by atoms with E-state index in [9.17, 15) is 5.48 Å². The van der Waals surface area contributed by atoms with Gasteiger partial charge in [0.1, 0.15) is 11.2 Å². The Hall–Kier alpha value is -6.70. The van der Waals surface area contributed by atoms with Crippen molar-refractivity contribution in [1.29, 1.82) is 0 Å². The lowest BCUT2D eigenvalue weighted by Gasteiger charge is -2.19. The van der Waals surface area contributed by atoms with E-state index in [4.69, 9.17) is 9.90 Å². The zero-order valence-corrected chi connectivity index (χ0v) is 27.1. The minimum Gasteiger partial charge on any atom is -0.455 e. The van der Waals surface area contributed by atoms with E-state index in [1.54, 1.807) is 6.07 Å². The number of furan rings is 1. The van der Waals surface area contributed by atoms with E-state index in [1.165, 1.54) is 0 Å². The Balaban J connectivity index is 1.31. The van der Waals surface area contributed by atoms with Crippen LogP contribution in [0.4, 0.5) is 0 Å². The Kier molecular flexibility index (Phi) is 4.57. The molecular weight excluding hydrogens is 617 g/mol. The van der Waals surface area contributed by atoms with Crippen LogP contribution in [0.2, 0.25) is 0 Å². The van der Waals surface area contributed by atoms with Crippen LogP contribution in [0, 0.1) is 0 Å². The summed E-state index contributed by atoms with van der Waals surface area (Å²) in [5, 5.41) is 7.99. The topological polar surface area (TPSA) is 13.1 Å². The van der Waals surface area contributed by atoms with Gasteiger partial charge in [0, 0.05) is 16.2 Å². The summed E-state index contributed by atoms with van der Waals surface area (Å²) < 4.78 is 80.2. The Morgan fingerprint density at radius 1 is 0.353 bits per heavy atom. The summed E-state index contributed by atoms with van der Waals surface area (Å²) in [7, 11) is 0. The first-order valence-electron chi connectivity index (χ1n) is 20.9. The van der Waals surface area contributed by atoms with Crippen LogP contribution in [-0.2, 0) is 0 Å². The Bertz CT molecular complexity index is 3570. The van der Waals surface area contributed by atoms with Gasteiger partial charge in [-0.1, -0.05) is 164 Å². The summed E-state index contributed by atoms with van der Waals surface area (Å²) in [6.45, 7) is 0. The first-order chi connectivity index (χ1) is 28.6. The molecule has 0 radical (unpaired) electrons. The lowest BCUT2D eigenvalue weighted by atomic mass is 9.84. The maximum Gasteiger partial charge on any atom is 0.143 e. The Morgan fingerprint density at radius 2 is 0.941 bits per heavy atom. The molecule has 0 fully saturated rings. The highest BCUT2D eigenvalue weighted by molar-refractivity contribution is 6.26. The predicted octanol–water partition coefficient (Wildman–Crippen LogP) is 14.4. The van der Waals surface area contributed by atoms with E-state index in [2.05, 4.69) is 30.3 Å². The van der Waals surface area contributed by atoms with Crippen molar-refractivity contribution in [1.82, 2.24) is 0 Å². The fraction of sp³-hybridized carbons (Fsp3) is 0. The van der Waals surface area contributed by atoms with Gasteiger partial charge in [0.05, 0.1) is 11.0 Å². The van der Waals surface area contributed by atoms with Gasteiger partial charge < -0.3 is 4.42 Å². The van der Waals surface area contributed by atoms with Crippen molar-refractivity contribution < 1.29 is 15.4 Å². The average molecular weight is 655 g/mol. The smallest absolute Gasteiger partial charge is 0.143 e. The highest BCUT2D eigenvalue weighted by Crippen LogP contribution is 2.47. The van der Waals surface area contributed by atoms with Crippen LogP contribution in [-0.4, -0.2) is 0 Å². The summed E-state index contributed by atoms with van der Waals surface area (Å²) in [5.41, 5.74) is 5.21. The fourth-order valence-corrected chi connectivity index (χ4v) is 8.06. The number of rotatable bonds is 3. The molecular formula is C50H30O. The molecule has 0 saturated carbocycles. The van der Waals surface area contributed by atoms with Crippen molar-refractivity contribution in [3.05, 3.63) is 182 Å². The molecule has 10 aromatic carbocycles. The second-order valence-electron chi connectivity index (χ2n) is 13.0. The van der Waals surface area contributed by atoms with Gasteiger partial charge in [-0.15, -0.1) is 0 Å². The van der Waals surface area contributed by atoms with Crippen molar-refractivity contribution in [3.8, 4) is 33.4 Å². The third kappa shape index (κ3) is 4.16. The molecule has 0 bridgehead atoms. The van der Waals surface area contributed by atoms with Gasteiger partial charge >= 0.3 is 0 Å². The monoisotopic (exact) mass is 654 g/mol. The van der Waals surface area contributed by atoms with Gasteiger partial charge in [-0.05, 0) is 100 Å². The predicted molar refractivity (Wildman–Crippen MR) is 218 cm³/mol. The molecule has 0 aliphatic rings. The molecule has 1 heteroatoms. The normalized spacial score (nSPS) is 14.1. The molecule has 0 aliphatic heterocycles. The molecule has 0 saturated heterocycles. The maximum absolute atomic E-state index is 9.53.